The maximum atomic E-state index is 5.64. The zero-order valence-corrected chi connectivity index (χ0v) is 15.7. The van der Waals surface area contributed by atoms with Gasteiger partial charge in [0, 0.05) is 12.1 Å². The van der Waals surface area contributed by atoms with Crippen LogP contribution in [0, 0.1) is 0 Å². The molecule has 4 rings (SSSR count). The van der Waals surface area contributed by atoms with Crippen molar-refractivity contribution in [2.24, 2.45) is 0 Å². The molecule has 2 N–H and O–H groups in total. The van der Waals surface area contributed by atoms with Crippen molar-refractivity contribution in [1.82, 2.24) is 5.32 Å². The zero-order valence-electron chi connectivity index (χ0n) is 15.7. The maximum absolute atomic E-state index is 5.64. The molecule has 0 spiro atoms. The number of ether oxygens (including phenoxy) is 1. The Morgan fingerprint density at radius 2 is 1.88 bits per heavy atom. The van der Waals surface area contributed by atoms with Crippen LogP contribution >= 0.6 is 0 Å². The van der Waals surface area contributed by atoms with Crippen LogP contribution in [0.15, 0.2) is 48.5 Å². The van der Waals surface area contributed by atoms with Crippen molar-refractivity contribution in [3.63, 3.8) is 0 Å². The molecule has 26 heavy (non-hydrogen) atoms. The van der Waals surface area contributed by atoms with Crippen molar-refractivity contribution >= 4 is 5.69 Å². The van der Waals surface area contributed by atoms with Gasteiger partial charge in [-0.05, 0) is 74.6 Å². The molecule has 1 atom stereocenters. The lowest BCUT2D eigenvalue weighted by atomic mass is 9.81. The molecule has 1 heterocycles. The number of hydrogen-bond donors (Lipinski definition) is 2. The van der Waals surface area contributed by atoms with E-state index in [1.165, 1.54) is 43.2 Å². The van der Waals surface area contributed by atoms with Gasteiger partial charge in [-0.15, -0.1) is 0 Å². The molecule has 3 nitrogen and oxygen atoms in total. The van der Waals surface area contributed by atoms with Gasteiger partial charge in [-0.1, -0.05) is 36.4 Å². The van der Waals surface area contributed by atoms with Crippen LogP contribution in [-0.2, 0) is 6.42 Å². The number of hydrogen-bond acceptors (Lipinski definition) is 3. The molecule has 0 saturated heterocycles. The minimum Gasteiger partial charge on any atom is -0.471 e. The van der Waals surface area contributed by atoms with Crippen molar-refractivity contribution in [3.8, 4) is 5.75 Å². The molecule has 1 aliphatic heterocycles. The van der Waals surface area contributed by atoms with E-state index in [9.17, 15) is 0 Å². The lowest BCUT2D eigenvalue weighted by Gasteiger charge is -2.31. The van der Waals surface area contributed by atoms with Crippen LogP contribution in [0.1, 0.15) is 56.1 Å². The molecule has 2 aromatic rings. The Labute approximate surface area is 157 Å². The van der Waals surface area contributed by atoms with Gasteiger partial charge in [0.2, 0.25) is 0 Å². The first-order chi connectivity index (χ1) is 12.8. The van der Waals surface area contributed by atoms with Crippen molar-refractivity contribution in [2.75, 3.05) is 12.0 Å². The highest BCUT2D eigenvalue weighted by molar-refractivity contribution is 5.60. The molecule has 1 saturated carbocycles. The summed E-state index contributed by atoms with van der Waals surface area (Å²) in [6, 6.07) is 18.8. The molecule has 0 amide bonds. The quantitative estimate of drug-likeness (QED) is 0.762. The minimum absolute atomic E-state index is 0.580. The van der Waals surface area contributed by atoms with Crippen LogP contribution in [0.5, 0.6) is 5.75 Å². The van der Waals surface area contributed by atoms with Crippen LogP contribution in [0.2, 0.25) is 0 Å². The van der Waals surface area contributed by atoms with Gasteiger partial charge >= 0.3 is 0 Å². The first-order valence-electron chi connectivity index (χ1n) is 10.1. The Bertz CT molecular complexity index is 707. The van der Waals surface area contributed by atoms with E-state index in [0.29, 0.717) is 24.7 Å². The molecule has 0 radical (unpaired) electrons. The number of aryl methyl sites for hydroxylation is 1. The molecular formula is C23H30N2O. The predicted molar refractivity (Wildman–Crippen MR) is 108 cm³/mol. The average Bonchev–Trinajstić information content (AvgIpc) is 3.16. The van der Waals surface area contributed by atoms with Gasteiger partial charge in [-0.3, -0.25) is 0 Å². The van der Waals surface area contributed by atoms with E-state index in [-0.39, 0.29) is 0 Å². The zero-order chi connectivity index (χ0) is 17.8. The summed E-state index contributed by atoms with van der Waals surface area (Å²) in [5.74, 6) is 1.71. The molecule has 0 unspecified atom stereocenters. The SMILES string of the molecule is C[C@H](CCc1ccccc1)NC1CCC(c2ccc3c(c2)OCN3)CC1. The fraction of sp³-hybridized carbons (Fsp3) is 0.478. The van der Waals surface area contributed by atoms with Crippen LogP contribution in [0.25, 0.3) is 0 Å². The molecular weight excluding hydrogens is 320 g/mol. The Balaban J connectivity index is 1.23. The number of fused-ring (bicyclic) bond motifs is 1. The van der Waals surface area contributed by atoms with Gasteiger partial charge in [0.1, 0.15) is 5.75 Å². The molecule has 1 aliphatic carbocycles. The molecule has 3 heteroatoms. The molecule has 1 fully saturated rings. The number of nitrogens with one attached hydrogen (secondary N) is 2. The van der Waals surface area contributed by atoms with Gasteiger partial charge in [-0.25, -0.2) is 0 Å². The highest BCUT2D eigenvalue weighted by Crippen LogP contribution is 2.38. The number of benzene rings is 2. The molecule has 2 aromatic carbocycles. The first kappa shape index (κ1) is 17.4. The van der Waals surface area contributed by atoms with Gasteiger partial charge in [0.25, 0.3) is 0 Å². The largest absolute Gasteiger partial charge is 0.471 e. The molecule has 0 bridgehead atoms. The maximum Gasteiger partial charge on any atom is 0.159 e. The third kappa shape index (κ3) is 4.21. The third-order valence-corrected chi connectivity index (χ3v) is 5.92. The fourth-order valence-corrected chi connectivity index (χ4v) is 4.36. The van der Waals surface area contributed by atoms with E-state index in [4.69, 9.17) is 4.74 Å². The van der Waals surface area contributed by atoms with E-state index in [1.807, 2.05) is 0 Å². The second-order valence-corrected chi connectivity index (χ2v) is 7.86. The Hall–Kier alpha value is -2.00. The van der Waals surface area contributed by atoms with Crippen LogP contribution < -0.4 is 15.4 Å². The van der Waals surface area contributed by atoms with Crippen LogP contribution in [0.3, 0.4) is 0 Å². The van der Waals surface area contributed by atoms with E-state index in [2.05, 4.69) is 66.1 Å². The first-order valence-corrected chi connectivity index (χ1v) is 10.1. The summed E-state index contributed by atoms with van der Waals surface area (Å²) in [6.07, 6.45) is 7.46. The van der Waals surface area contributed by atoms with Gasteiger partial charge in [-0.2, -0.15) is 0 Å². The van der Waals surface area contributed by atoms with Gasteiger partial charge < -0.3 is 15.4 Å². The summed E-state index contributed by atoms with van der Waals surface area (Å²) in [6.45, 7) is 2.94. The molecule has 138 valence electrons. The Morgan fingerprint density at radius 3 is 2.69 bits per heavy atom. The summed E-state index contributed by atoms with van der Waals surface area (Å²) < 4.78 is 5.64. The monoisotopic (exact) mass is 350 g/mol. The minimum atomic E-state index is 0.580. The number of anilines is 1. The van der Waals surface area contributed by atoms with E-state index >= 15 is 0 Å². The summed E-state index contributed by atoms with van der Waals surface area (Å²) in [4.78, 5) is 0. The van der Waals surface area contributed by atoms with Crippen molar-refractivity contribution in [3.05, 3.63) is 59.7 Å². The second-order valence-electron chi connectivity index (χ2n) is 7.86. The van der Waals surface area contributed by atoms with Crippen molar-refractivity contribution < 1.29 is 4.74 Å². The summed E-state index contributed by atoms with van der Waals surface area (Å²) in [5, 5.41) is 7.12. The van der Waals surface area contributed by atoms with E-state index < -0.39 is 0 Å². The van der Waals surface area contributed by atoms with Gasteiger partial charge in [0.15, 0.2) is 6.73 Å². The van der Waals surface area contributed by atoms with Crippen LogP contribution in [0.4, 0.5) is 5.69 Å². The smallest absolute Gasteiger partial charge is 0.159 e. The summed E-state index contributed by atoms with van der Waals surface area (Å²) in [5.41, 5.74) is 4.03. The predicted octanol–water partition coefficient (Wildman–Crippen LogP) is 5.09. The van der Waals surface area contributed by atoms with E-state index in [1.54, 1.807) is 0 Å². The Kier molecular flexibility index (Phi) is 5.45. The van der Waals surface area contributed by atoms with Crippen LogP contribution in [-0.4, -0.2) is 18.8 Å². The van der Waals surface area contributed by atoms with E-state index in [0.717, 1.165) is 17.9 Å². The summed E-state index contributed by atoms with van der Waals surface area (Å²) >= 11 is 0. The average molecular weight is 351 g/mol. The highest BCUT2D eigenvalue weighted by atomic mass is 16.5. The third-order valence-electron chi connectivity index (χ3n) is 5.92. The number of rotatable bonds is 6. The van der Waals surface area contributed by atoms with Crippen molar-refractivity contribution in [2.45, 2.75) is 63.5 Å². The Morgan fingerprint density at radius 1 is 1.08 bits per heavy atom. The normalized spacial score (nSPS) is 23.0. The lowest BCUT2D eigenvalue weighted by Crippen LogP contribution is -2.39. The lowest BCUT2D eigenvalue weighted by molar-refractivity contribution is 0.313. The molecule has 2 aliphatic rings. The second kappa shape index (κ2) is 8.13. The highest BCUT2D eigenvalue weighted by Gasteiger charge is 2.24. The molecule has 0 aromatic heterocycles. The fourth-order valence-electron chi connectivity index (χ4n) is 4.36. The topological polar surface area (TPSA) is 33.3 Å². The summed E-state index contributed by atoms with van der Waals surface area (Å²) in [7, 11) is 0. The van der Waals surface area contributed by atoms with Gasteiger partial charge in [0.05, 0.1) is 5.69 Å². The van der Waals surface area contributed by atoms with Crippen molar-refractivity contribution in [1.29, 1.82) is 0 Å². The standard InChI is InChI=1S/C23H30N2O/c1-17(7-8-18-5-3-2-4-6-18)25-21-12-9-19(10-13-21)20-11-14-22-23(15-20)26-16-24-22/h2-6,11,14-15,17,19,21,24-25H,7-10,12-13,16H2,1H3/t17-,19?,21?/m1/s1.